The molecule has 2 N–H and O–H groups in total. The van der Waals surface area contributed by atoms with E-state index in [1.54, 1.807) is 0 Å². The lowest BCUT2D eigenvalue weighted by Crippen LogP contribution is -2.24. The van der Waals surface area contributed by atoms with Gasteiger partial charge >= 0.3 is 5.69 Å². The van der Waals surface area contributed by atoms with Gasteiger partial charge in [0.25, 0.3) is 5.56 Å². The van der Waals surface area contributed by atoms with E-state index in [1.807, 2.05) is 6.07 Å². The van der Waals surface area contributed by atoms with Crippen LogP contribution < -0.4 is 11.2 Å². The number of aromatic amines is 2. The second kappa shape index (κ2) is 5.22. The van der Waals surface area contributed by atoms with Crippen LogP contribution in [0.15, 0.2) is 32.8 Å². The molecule has 2 aromatic rings. The van der Waals surface area contributed by atoms with E-state index in [4.69, 9.17) is 0 Å². The Kier molecular flexibility index (Phi) is 3.66. The number of aromatic nitrogens is 3. The van der Waals surface area contributed by atoms with Gasteiger partial charge in [-0.15, -0.1) is 0 Å². The van der Waals surface area contributed by atoms with Crippen molar-refractivity contribution in [2.24, 2.45) is 0 Å². The van der Waals surface area contributed by atoms with Crippen molar-refractivity contribution < 1.29 is 0 Å². The minimum Gasteiger partial charge on any atom is -0.271 e. The highest BCUT2D eigenvalue weighted by atomic mass is 32.2. The largest absolute Gasteiger partial charge is 0.342 e. The first-order chi connectivity index (χ1) is 8.56. The number of hydrogen-bond acceptors (Lipinski definition) is 4. The first kappa shape index (κ1) is 12.6. The molecule has 0 fully saturated rings. The van der Waals surface area contributed by atoms with E-state index in [-0.39, 0.29) is 5.03 Å². The van der Waals surface area contributed by atoms with Gasteiger partial charge < -0.3 is 0 Å². The average Bonchev–Trinajstić information content (AvgIpc) is 2.32. The van der Waals surface area contributed by atoms with Gasteiger partial charge in [0, 0.05) is 5.75 Å². The minimum atomic E-state index is -0.587. The van der Waals surface area contributed by atoms with Crippen molar-refractivity contribution in [3.05, 3.63) is 55.7 Å². The second-order valence-corrected chi connectivity index (χ2v) is 4.98. The summed E-state index contributed by atoms with van der Waals surface area (Å²) in [6.45, 7) is 4.11. The zero-order valence-electron chi connectivity index (χ0n) is 10.1. The van der Waals surface area contributed by atoms with Crippen molar-refractivity contribution >= 4 is 11.8 Å². The number of aryl methyl sites for hydroxylation is 2. The van der Waals surface area contributed by atoms with E-state index in [0.717, 1.165) is 5.56 Å². The zero-order valence-corrected chi connectivity index (χ0v) is 10.9. The molecular weight excluding hydrogens is 250 g/mol. The molecule has 0 aliphatic carbocycles. The molecule has 94 valence electrons. The molecule has 1 aromatic heterocycles. The summed E-state index contributed by atoms with van der Waals surface area (Å²) < 4.78 is 0. The van der Waals surface area contributed by atoms with Gasteiger partial charge in [-0.2, -0.15) is 5.10 Å². The highest BCUT2D eigenvalue weighted by Gasteiger charge is 2.04. The molecule has 5 nitrogen and oxygen atoms in total. The summed E-state index contributed by atoms with van der Waals surface area (Å²) in [5.41, 5.74) is 2.54. The Hall–Kier alpha value is -1.82. The lowest BCUT2D eigenvalue weighted by molar-refractivity contribution is 0.807. The van der Waals surface area contributed by atoms with Crippen molar-refractivity contribution in [2.45, 2.75) is 24.6 Å². The highest BCUT2D eigenvalue weighted by molar-refractivity contribution is 7.98. The summed E-state index contributed by atoms with van der Waals surface area (Å²) in [7, 11) is 0. The SMILES string of the molecule is Cc1ccc(CSc2n[nH]c(=O)[nH]c2=O)cc1C. The lowest BCUT2D eigenvalue weighted by Gasteiger charge is -2.04. The number of nitrogens with zero attached hydrogens (tertiary/aromatic N) is 1. The van der Waals surface area contributed by atoms with E-state index >= 15 is 0 Å². The number of thioether (sulfide) groups is 1. The van der Waals surface area contributed by atoms with E-state index in [0.29, 0.717) is 5.75 Å². The van der Waals surface area contributed by atoms with Crippen LogP contribution in [-0.4, -0.2) is 15.2 Å². The van der Waals surface area contributed by atoms with E-state index < -0.39 is 11.2 Å². The number of hydrogen-bond donors (Lipinski definition) is 2. The molecular formula is C12H13N3O2S. The summed E-state index contributed by atoms with van der Waals surface area (Å²) in [4.78, 5) is 24.4. The van der Waals surface area contributed by atoms with Crippen LogP contribution in [0.3, 0.4) is 0 Å². The van der Waals surface area contributed by atoms with Crippen LogP contribution in [0.4, 0.5) is 0 Å². The molecule has 0 aliphatic rings. The molecule has 0 saturated carbocycles. The van der Waals surface area contributed by atoms with Crippen molar-refractivity contribution in [1.29, 1.82) is 0 Å². The zero-order chi connectivity index (χ0) is 13.1. The Morgan fingerprint density at radius 3 is 2.67 bits per heavy atom. The van der Waals surface area contributed by atoms with Crippen LogP contribution in [0.2, 0.25) is 0 Å². The number of nitrogens with one attached hydrogen (secondary N) is 2. The molecule has 1 aromatic carbocycles. The molecule has 0 atom stereocenters. The Bertz CT molecular complexity index is 676. The molecule has 0 aliphatic heterocycles. The predicted octanol–water partition coefficient (Wildman–Crippen LogP) is 1.37. The van der Waals surface area contributed by atoms with Crippen molar-refractivity contribution in [3.63, 3.8) is 0 Å². The first-order valence-corrected chi connectivity index (χ1v) is 6.43. The maximum Gasteiger partial charge on any atom is 0.342 e. The normalized spacial score (nSPS) is 10.6. The molecule has 6 heteroatoms. The molecule has 0 spiro atoms. The molecule has 18 heavy (non-hydrogen) atoms. The Labute approximate surface area is 108 Å². The summed E-state index contributed by atoms with van der Waals surface area (Å²) >= 11 is 1.30. The first-order valence-electron chi connectivity index (χ1n) is 5.44. The van der Waals surface area contributed by atoms with E-state index in [1.165, 1.54) is 22.9 Å². The maximum atomic E-state index is 11.4. The van der Waals surface area contributed by atoms with E-state index in [9.17, 15) is 9.59 Å². The maximum absolute atomic E-state index is 11.4. The molecule has 0 saturated heterocycles. The van der Waals surface area contributed by atoms with Crippen molar-refractivity contribution in [2.75, 3.05) is 0 Å². The Morgan fingerprint density at radius 2 is 2.00 bits per heavy atom. The third-order valence-corrected chi connectivity index (χ3v) is 3.65. The van der Waals surface area contributed by atoms with Gasteiger partial charge in [0.2, 0.25) is 0 Å². The smallest absolute Gasteiger partial charge is 0.271 e. The number of rotatable bonds is 3. The summed E-state index contributed by atoms with van der Waals surface area (Å²) in [5, 5.41) is 6.20. The lowest BCUT2D eigenvalue weighted by atomic mass is 10.1. The fraction of sp³-hybridized carbons (Fsp3) is 0.250. The summed E-state index contributed by atoms with van der Waals surface area (Å²) in [6, 6.07) is 6.16. The van der Waals surface area contributed by atoms with Crippen LogP contribution in [0.1, 0.15) is 16.7 Å². The molecule has 2 rings (SSSR count). The highest BCUT2D eigenvalue weighted by Crippen LogP contribution is 2.19. The van der Waals surface area contributed by atoms with Gasteiger partial charge in [0.15, 0.2) is 5.03 Å². The molecule has 1 heterocycles. The monoisotopic (exact) mass is 263 g/mol. The Balaban J connectivity index is 2.14. The van der Waals surface area contributed by atoms with Gasteiger partial charge in [0.05, 0.1) is 0 Å². The fourth-order valence-corrected chi connectivity index (χ4v) is 2.25. The molecule has 0 bridgehead atoms. The summed E-state index contributed by atoms with van der Waals surface area (Å²) in [5.74, 6) is 0.642. The van der Waals surface area contributed by atoms with Gasteiger partial charge in [-0.25, -0.2) is 9.89 Å². The van der Waals surface area contributed by atoms with Crippen molar-refractivity contribution in [3.8, 4) is 0 Å². The summed E-state index contributed by atoms with van der Waals surface area (Å²) in [6.07, 6.45) is 0. The average molecular weight is 263 g/mol. The van der Waals surface area contributed by atoms with Crippen LogP contribution in [0.25, 0.3) is 0 Å². The molecule has 0 amide bonds. The minimum absolute atomic E-state index is 0.271. The quantitative estimate of drug-likeness (QED) is 0.820. The van der Waals surface area contributed by atoms with Crippen LogP contribution >= 0.6 is 11.8 Å². The number of H-pyrrole nitrogens is 2. The second-order valence-electron chi connectivity index (χ2n) is 4.02. The third kappa shape index (κ3) is 2.89. The Morgan fingerprint density at radius 1 is 1.22 bits per heavy atom. The van der Waals surface area contributed by atoms with Gasteiger partial charge in [0.1, 0.15) is 0 Å². The van der Waals surface area contributed by atoms with Gasteiger partial charge in [-0.05, 0) is 30.5 Å². The standard InChI is InChI=1S/C12H13N3O2S/c1-7-3-4-9(5-8(7)2)6-18-11-10(16)13-12(17)15-14-11/h3-5H,6H2,1-2H3,(H2,13,15,16,17). The van der Waals surface area contributed by atoms with Crippen molar-refractivity contribution in [1.82, 2.24) is 15.2 Å². The van der Waals surface area contributed by atoms with Crippen LogP contribution in [-0.2, 0) is 5.75 Å². The molecule has 0 unspecified atom stereocenters. The number of benzene rings is 1. The third-order valence-electron chi connectivity index (χ3n) is 2.63. The predicted molar refractivity (Wildman–Crippen MR) is 71.0 cm³/mol. The van der Waals surface area contributed by atoms with Gasteiger partial charge in [-0.1, -0.05) is 30.0 Å². The van der Waals surface area contributed by atoms with Crippen LogP contribution in [0, 0.1) is 13.8 Å². The van der Waals surface area contributed by atoms with Crippen LogP contribution in [0.5, 0.6) is 0 Å². The molecule has 0 radical (unpaired) electrons. The van der Waals surface area contributed by atoms with Gasteiger partial charge in [-0.3, -0.25) is 9.78 Å². The fourth-order valence-electron chi connectivity index (χ4n) is 1.48. The topological polar surface area (TPSA) is 78.6 Å². The van der Waals surface area contributed by atoms with E-state index in [2.05, 4.69) is 41.2 Å².